The van der Waals surface area contributed by atoms with Gasteiger partial charge in [0.1, 0.15) is 5.69 Å². The second-order valence-electron chi connectivity index (χ2n) is 5.70. The summed E-state index contributed by atoms with van der Waals surface area (Å²) in [5, 5.41) is 8.94. The van der Waals surface area contributed by atoms with Crippen molar-refractivity contribution in [2.24, 2.45) is 0 Å². The van der Waals surface area contributed by atoms with E-state index in [-0.39, 0.29) is 17.9 Å². The number of anilines is 2. The molecule has 0 unspecified atom stereocenters. The van der Waals surface area contributed by atoms with Crippen LogP contribution in [0.1, 0.15) is 0 Å². The molecular formula is C15H17F2N3O4S. The van der Waals surface area contributed by atoms with Gasteiger partial charge in [-0.1, -0.05) is 0 Å². The van der Waals surface area contributed by atoms with E-state index in [4.69, 9.17) is 9.84 Å². The van der Waals surface area contributed by atoms with E-state index in [9.17, 15) is 18.4 Å². The van der Waals surface area contributed by atoms with E-state index in [1.165, 1.54) is 7.05 Å². The highest BCUT2D eigenvalue weighted by Crippen LogP contribution is 2.32. The average Bonchev–Trinajstić information content (AvgIpc) is 2.96. The molecule has 25 heavy (non-hydrogen) atoms. The maximum absolute atomic E-state index is 14.5. The van der Waals surface area contributed by atoms with E-state index in [2.05, 4.69) is 0 Å². The van der Waals surface area contributed by atoms with E-state index in [1.807, 2.05) is 0 Å². The van der Waals surface area contributed by atoms with Crippen LogP contribution in [0, 0.1) is 11.6 Å². The number of amides is 2. The minimum atomic E-state index is -1.27. The van der Waals surface area contributed by atoms with E-state index in [0.29, 0.717) is 13.1 Å². The first-order chi connectivity index (χ1) is 11.9. The normalized spacial score (nSPS) is 20.6. The van der Waals surface area contributed by atoms with Crippen molar-refractivity contribution in [2.75, 3.05) is 48.0 Å². The number of carboxylic acid groups (broad SMARTS) is 1. The molecule has 2 aliphatic heterocycles. The van der Waals surface area contributed by atoms with Crippen LogP contribution in [0.15, 0.2) is 12.1 Å². The van der Waals surface area contributed by atoms with Gasteiger partial charge < -0.3 is 14.7 Å². The standard InChI is InChI=1S/C15H17F2N3O4S/c1-18(14(21)22)12-8-20(15(23)24-12)9-6-10(16)13(11(17)7-9)19-2-4-25-5-3-19/h6-7,12H,2-5,8H2,1H3,(H,21,22)/t12-/m0/s1. The number of hydrogen-bond acceptors (Lipinski definition) is 5. The number of benzene rings is 1. The molecule has 7 nitrogen and oxygen atoms in total. The van der Waals surface area contributed by atoms with Gasteiger partial charge in [-0.2, -0.15) is 11.8 Å². The summed E-state index contributed by atoms with van der Waals surface area (Å²) in [5.41, 5.74) is -0.104. The van der Waals surface area contributed by atoms with Crippen LogP contribution in [0.2, 0.25) is 0 Å². The Morgan fingerprint density at radius 2 is 1.92 bits per heavy atom. The first-order valence-corrected chi connectivity index (χ1v) is 8.79. The third kappa shape index (κ3) is 3.44. The van der Waals surface area contributed by atoms with E-state index in [0.717, 1.165) is 33.4 Å². The molecule has 136 valence electrons. The Hall–Kier alpha value is -2.23. The van der Waals surface area contributed by atoms with E-state index < -0.39 is 30.0 Å². The first-order valence-electron chi connectivity index (χ1n) is 7.64. The molecule has 2 heterocycles. The average molecular weight is 373 g/mol. The van der Waals surface area contributed by atoms with Crippen molar-refractivity contribution in [2.45, 2.75) is 6.23 Å². The van der Waals surface area contributed by atoms with Crippen molar-refractivity contribution >= 4 is 35.3 Å². The minimum Gasteiger partial charge on any atom is -0.465 e. The van der Waals surface area contributed by atoms with Crippen molar-refractivity contribution in [1.29, 1.82) is 0 Å². The lowest BCUT2D eigenvalue weighted by Crippen LogP contribution is -2.39. The van der Waals surface area contributed by atoms with Gasteiger partial charge in [-0.05, 0) is 0 Å². The molecule has 0 aliphatic carbocycles. The molecule has 2 aliphatic rings. The van der Waals surface area contributed by atoms with Crippen LogP contribution in [0.25, 0.3) is 0 Å². The summed E-state index contributed by atoms with van der Waals surface area (Å²) in [4.78, 5) is 26.4. The monoisotopic (exact) mass is 373 g/mol. The molecule has 1 N–H and O–H groups in total. The maximum Gasteiger partial charge on any atom is 0.416 e. The van der Waals surface area contributed by atoms with Crippen LogP contribution in [0.5, 0.6) is 0 Å². The van der Waals surface area contributed by atoms with Crippen molar-refractivity contribution in [3.63, 3.8) is 0 Å². The third-order valence-corrected chi connectivity index (χ3v) is 5.11. The van der Waals surface area contributed by atoms with Crippen molar-refractivity contribution < 1.29 is 28.2 Å². The molecular weight excluding hydrogens is 356 g/mol. The van der Waals surface area contributed by atoms with Gasteiger partial charge >= 0.3 is 12.2 Å². The number of likely N-dealkylation sites (N-methyl/N-ethyl adjacent to an activating group) is 1. The lowest BCUT2D eigenvalue weighted by molar-refractivity contribution is 0.0415. The molecule has 0 aromatic heterocycles. The van der Waals surface area contributed by atoms with Gasteiger partial charge in [0.2, 0.25) is 0 Å². The molecule has 0 radical (unpaired) electrons. The molecule has 1 aromatic rings. The number of thioether (sulfide) groups is 1. The summed E-state index contributed by atoms with van der Waals surface area (Å²) >= 11 is 1.73. The molecule has 1 atom stereocenters. The van der Waals surface area contributed by atoms with Crippen LogP contribution in [0.3, 0.4) is 0 Å². The number of carbonyl (C=O) groups excluding carboxylic acids is 1. The highest BCUT2D eigenvalue weighted by atomic mass is 32.2. The van der Waals surface area contributed by atoms with Crippen LogP contribution in [-0.2, 0) is 4.74 Å². The molecule has 3 rings (SSSR count). The quantitative estimate of drug-likeness (QED) is 0.877. The lowest BCUT2D eigenvalue weighted by atomic mass is 10.2. The van der Waals surface area contributed by atoms with E-state index in [1.54, 1.807) is 16.7 Å². The van der Waals surface area contributed by atoms with Crippen LogP contribution >= 0.6 is 11.8 Å². The summed E-state index contributed by atoms with van der Waals surface area (Å²) < 4.78 is 33.9. The summed E-state index contributed by atoms with van der Waals surface area (Å²) in [5.74, 6) is 0.0689. The molecule has 2 fully saturated rings. The Balaban J connectivity index is 1.83. The Kier molecular flexibility index (Phi) is 4.89. The van der Waals surface area contributed by atoms with Gasteiger partial charge in [-0.25, -0.2) is 18.4 Å². The zero-order valence-corrected chi connectivity index (χ0v) is 14.3. The Labute approximate surface area is 147 Å². The zero-order chi connectivity index (χ0) is 18.1. The van der Waals surface area contributed by atoms with Crippen molar-refractivity contribution in [1.82, 2.24) is 4.90 Å². The zero-order valence-electron chi connectivity index (χ0n) is 13.4. The third-order valence-electron chi connectivity index (χ3n) is 4.17. The number of ether oxygens (including phenoxy) is 1. The van der Waals surface area contributed by atoms with Crippen molar-refractivity contribution in [3.8, 4) is 0 Å². The largest absolute Gasteiger partial charge is 0.465 e. The molecule has 10 heteroatoms. The first kappa shape index (κ1) is 17.6. The molecule has 0 spiro atoms. The van der Waals surface area contributed by atoms with Crippen LogP contribution < -0.4 is 9.80 Å². The molecule has 0 bridgehead atoms. The summed E-state index contributed by atoms with van der Waals surface area (Å²) in [6, 6.07) is 2.15. The SMILES string of the molecule is CN(C(=O)O)[C@@H]1CN(c2cc(F)c(N3CCSCC3)c(F)c2)C(=O)O1. The Morgan fingerprint density at radius 1 is 1.32 bits per heavy atom. The van der Waals surface area contributed by atoms with Gasteiger partial charge in [-0.15, -0.1) is 0 Å². The van der Waals surface area contributed by atoms with Crippen molar-refractivity contribution in [3.05, 3.63) is 23.8 Å². The second kappa shape index (κ2) is 6.95. The highest BCUT2D eigenvalue weighted by molar-refractivity contribution is 7.99. The Morgan fingerprint density at radius 3 is 2.48 bits per heavy atom. The molecule has 2 saturated heterocycles. The van der Waals surface area contributed by atoms with Gasteiger partial charge in [0.15, 0.2) is 17.9 Å². The predicted octanol–water partition coefficient (Wildman–Crippen LogP) is 2.41. The van der Waals surface area contributed by atoms with Gasteiger partial charge in [0, 0.05) is 43.8 Å². The summed E-state index contributed by atoms with van der Waals surface area (Å²) in [6.07, 6.45) is -3.15. The second-order valence-corrected chi connectivity index (χ2v) is 6.92. The molecule has 1 aromatic carbocycles. The van der Waals surface area contributed by atoms with Gasteiger partial charge in [-0.3, -0.25) is 9.80 Å². The van der Waals surface area contributed by atoms with Gasteiger partial charge in [0.05, 0.1) is 12.2 Å². The van der Waals surface area contributed by atoms with Crippen LogP contribution in [-0.4, -0.2) is 66.6 Å². The number of rotatable bonds is 3. The minimum absolute atomic E-state index is 0.00331. The fourth-order valence-corrected chi connectivity index (χ4v) is 3.68. The molecule has 2 amide bonds. The number of nitrogens with zero attached hydrogens (tertiary/aromatic N) is 3. The van der Waals surface area contributed by atoms with Gasteiger partial charge in [0.25, 0.3) is 0 Å². The number of hydrogen-bond donors (Lipinski definition) is 1. The fourth-order valence-electron chi connectivity index (χ4n) is 2.78. The van der Waals surface area contributed by atoms with Crippen LogP contribution in [0.4, 0.5) is 29.7 Å². The number of carbonyl (C=O) groups is 2. The number of cyclic esters (lactones) is 1. The summed E-state index contributed by atoms with van der Waals surface area (Å²) in [6.45, 7) is 0.963. The molecule has 0 saturated carbocycles. The smallest absolute Gasteiger partial charge is 0.416 e. The topological polar surface area (TPSA) is 73.3 Å². The number of halogens is 2. The Bertz CT molecular complexity index is 676. The maximum atomic E-state index is 14.5. The predicted molar refractivity (Wildman–Crippen MR) is 89.3 cm³/mol. The summed E-state index contributed by atoms with van der Waals surface area (Å²) in [7, 11) is 1.25. The fraction of sp³-hybridized carbons (Fsp3) is 0.467. The highest BCUT2D eigenvalue weighted by Gasteiger charge is 2.37. The van der Waals surface area contributed by atoms with E-state index >= 15 is 0 Å². The lowest BCUT2D eigenvalue weighted by Gasteiger charge is -2.29.